The summed E-state index contributed by atoms with van der Waals surface area (Å²) >= 11 is 0. The van der Waals surface area contributed by atoms with Gasteiger partial charge in [-0.1, -0.05) is 0 Å². The van der Waals surface area contributed by atoms with Crippen LogP contribution in [0.5, 0.6) is 0 Å². The maximum Gasteiger partial charge on any atom is 0.291 e. The molecule has 1 aromatic heterocycles. The lowest BCUT2D eigenvalue weighted by molar-refractivity contribution is -0.123. The van der Waals surface area contributed by atoms with Gasteiger partial charge in [-0.15, -0.1) is 5.10 Å². The van der Waals surface area contributed by atoms with Gasteiger partial charge in [-0.25, -0.2) is 4.98 Å². The van der Waals surface area contributed by atoms with Gasteiger partial charge in [0.25, 0.3) is 5.91 Å². The maximum atomic E-state index is 11.9. The Kier molecular flexibility index (Phi) is 3.82. The van der Waals surface area contributed by atoms with Crippen molar-refractivity contribution >= 4 is 11.8 Å². The third kappa shape index (κ3) is 3.52. The van der Waals surface area contributed by atoms with Gasteiger partial charge in [-0.2, -0.15) is 0 Å². The lowest BCUT2D eigenvalue weighted by atomic mass is 10.2. The molecule has 0 aromatic carbocycles. The van der Waals surface area contributed by atoms with Crippen LogP contribution in [0, 0.1) is 0 Å². The van der Waals surface area contributed by atoms with Crippen LogP contribution < -0.4 is 10.6 Å². The lowest BCUT2D eigenvalue weighted by Crippen LogP contribution is -2.47. The van der Waals surface area contributed by atoms with Crippen molar-refractivity contribution in [2.45, 2.75) is 51.6 Å². The summed E-state index contributed by atoms with van der Waals surface area (Å²) in [6, 6.07) is -0.574. The molecular weight excluding hydrogens is 246 g/mol. The molecule has 0 aliphatic heterocycles. The van der Waals surface area contributed by atoms with E-state index >= 15 is 0 Å². The van der Waals surface area contributed by atoms with Crippen molar-refractivity contribution < 1.29 is 9.59 Å². The first-order valence-corrected chi connectivity index (χ1v) is 6.51. The standard InChI is InChI=1S/C12H19N5O2/c1-6(2)13-11(18)7(3)14-12(19)10-15-9(16-17-10)8-4-5-8/h6-8H,4-5H2,1-3H3,(H,13,18)(H,14,19)(H,15,16,17). The predicted octanol–water partition coefficient (Wildman–Crippen LogP) is 0.325. The number of nitrogens with zero attached hydrogens (tertiary/aromatic N) is 2. The molecule has 0 spiro atoms. The van der Waals surface area contributed by atoms with Gasteiger partial charge in [0, 0.05) is 12.0 Å². The highest BCUT2D eigenvalue weighted by Crippen LogP contribution is 2.37. The fraction of sp³-hybridized carbons (Fsp3) is 0.667. The summed E-state index contributed by atoms with van der Waals surface area (Å²) in [6.07, 6.45) is 2.17. The molecule has 1 aliphatic carbocycles. The summed E-state index contributed by atoms with van der Waals surface area (Å²) in [5.41, 5.74) is 0. The Morgan fingerprint density at radius 2 is 1.95 bits per heavy atom. The van der Waals surface area contributed by atoms with E-state index < -0.39 is 11.9 Å². The molecule has 1 atom stereocenters. The Hall–Kier alpha value is -1.92. The highest BCUT2D eigenvalue weighted by molar-refractivity contribution is 5.94. The Labute approximate surface area is 111 Å². The summed E-state index contributed by atoms with van der Waals surface area (Å²) < 4.78 is 0. The molecule has 1 aliphatic rings. The van der Waals surface area contributed by atoms with Crippen LogP contribution >= 0.6 is 0 Å². The van der Waals surface area contributed by atoms with Crippen LogP contribution in [-0.4, -0.2) is 39.1 Å². The molecular formula is C12H19N5O2. The number of rotatable bonds is 5. The Morgan fingerprint density at radius 3 is 2.53 bits per heavy atom. The first kappa shape index (κ1) is 13.5. The van der Waals surface area contributed by atoms with E-state index in [-0.39, 0.29) is 17.8 Å². The zero-order valence-corrected chi connectivity index (χ0v) is 11.4. The van der Waals surface area contributed by atoms with E-state index in [4.69, 9.17) is 0 Å². The van der Waals surface area contributed by atoms with Crippen molar-refractivity contribution in [3.63, 3.8) is 0 Å². The van der Waals surface area contributed by atoms with E-state index in [0.717, 1.165) is 18.7 Å². The second-order valence-electron chi connectivity index (χ2n) is 5.18. The van der Waals surface area contributed by atoms with Gasteiger partial charge in [0.2, 0.25) is 11.7 Å². The highest BCUT2D eigenvalue weighted by Gasteiger charge is 2.28. The molecule has 2 amide bonds. The predicted molar refractivity (Wildman–Crippen MR) is 68.6 cm³/mol. The van der Waals surface area contributed by atoms with Crippen molar-refractivity contribution in [3.05, 3.63) is 11.6 Å². The fourth-order valence-corrected chi connectivity index (χ4v) is 1.65. The summed E-state index contributed by atoms with van der Waals surface area (Å²) in [5, 5.41) is 11.9. The van der Waals surface area contributed by atoms with E-state index in [0.29, 0.717) is 5.92 Å². The molecule has 104 valence electrons. The van der Waals surface area contributed by atoms with Crippen molar-refractivity contribution in [2.75, 3.05) is 0 Å². The second kappa shape index (κ2) is 5.38. The van der Waals surface area contributed by atoms with Crippen LogP contribution in [0.15, 0.2) is 0 Å². The van der Waals surface area contributed by atoms with Crippen LogP contribution in [0.25, 0.3) is 0 Å². The first-order valence-electron chi connectivity index (χ1n) is 6.51. The van der Waals surface area contributed by atoms with E-state index in [1.165, 1.54) is 0 Å². The van der Waals surface area contributed by atoms with Gasteiger partial charge in [-0.05, 0) is 33.6 Å². The van der Waals surface area contributed by atoms with Gasteiger partial charge in [-0.3, -0.25) is 14.7 Å². The third-order valence-corrected chi connectivity index (χ3v) is 2.84. The zero-order valence-electron chi connectivity index (χ0n) is 11.4. The van der Waals surface area contributed by atoms with E-state index in [2.05, 4.69) is 25.8 Å². The number of amides is 2. The maximum absolute atomic E-state index is 11.9. The number of hydrogen-bond donors (Lipinski definition) is 3. The van der Waals surface area contributed by atoms with E-state index in [9.17, 15) is 9.59 Å². The van der Waals surface area contributed by atoms with Crippen molar-refractivity contribution in [1.82, 2.24) is 25.8 Å². The highest BCUT2D eigenvalue weighted by atomic mass is 16.2. The molecule has 0 bridgehead atoms. The van der Waals surface area contributed by atoms with Crippen LogP contribution in [0.4, 0.5) is 0 Å². The Morgan fingerprint density at radius 1 is 1.26 bits per heavy atom. The number of H-pyrrole nitrogens is 1. The van der Waals surface area contributed by atoms with Crippen molar-refractivity contribution in [1.29, 1.82) is 0 Å². The second-order valence-corrected chi connectivity index (χ2v) is 5.18. The molecule has 1 aromatic rings. The molecule has 1 heterocycles. The smallest absolute Gasteiger partial charge is 0.291 e. The molecule has 3 N–H and O–H groups in total. The first-order chi connectivity index (χ1) is 8.97. The number of aromatic amines is 1. The summed E-state index contributed by atoms with van der Waals surface area (Å²) in [7, 11) is 0. The number of carbonyl (C=O) groups is 2. The average molecular weight is 265 g/mol. The largest absolute Gasteiger partial charge is 0.352 e. The minimum Gasteiger partial charge on any atom is -0.352 e. The minimum absolute atomic E-state index is 0.0387. The molecule has 2 rings (SSSR count). The molecule has 7 heteroatoms. The number of hydrogen-bond acceptors (Lipinski definition) is 4. The number of nitrogens with one attached hydrogen (secondary N) is 3. The summed E-state index contributed by atoms with van der Waals surface area (Å²) in [5.74, 6) is 0.599. The van der Waals surface area contributed by atoms with Crippen LogP contribution in [0.3, 0.4) is 0 Å². The summed E-state index contributed by atoms with van der Waals surface area (Å²) in [4.78, 5) is 27.7. The van der Waals surface area contributed by atoms with E-state index in [1.807, 2.05) is 13.8 Å². The number of aromatic nitrogens is 3. The van der Waals surface area contributed by atoms with Crippen LogP contribution in [0.2, 0.25) is 0 Å². The summed E-state index contributed by atoms with van der Waals surface area (Å²) in [6.45, 7) is 5.36. The molecule has 1 saturated carbocycles. The van der Waals surface area contributed by atoms with Gasteiger partial charge >= 0.3 is 0 Å². The van der Waals surface area contributed by atoms with Crippen molar-refractivity contribution in [3.8, 4) is 0 Å². The normalized spacial score (nSPS) is 16.2. The van der Waals surface area contributed by atoms with Gasteiger partial charge in [0.1, 0.15) is 11.9 Å². The molecule has 19 heavy (non-hydrogen) atoms. The fourth-order valence-electron chi connectivity index (χ4n) is 1.65. The quantitative estimate of drug-likeness (QED) is 0.714. The zero-order chi connectivity index (χ0) is 14.0. The monoisotopic (exact) mass is 265 g/mol. The SMILES string of the molecule is CC(C)NC(=O)C(C)NC(=O)c1n[nH]c(C2CC2)n1. The lowest BCUT2D eigenvalue weighted by Gasteiger charge is -2.14. The Balaban J connectivity index is 1.90. The number of carbonyl (C=O) groups excluding carboxylic acids is 2. The van der Waals surface area contributed by atoms with E-state index in [1.54, 1.807) is 6.92 Å². The molecule has 0 radical (unpaired) electrons. The molecule has 7 nitrogen and oxygen atoms in total. The van der Waals surface area contributed by atoms with Gasteiger partial charge in [0.15, 0.2) is 0 Å². The molecule has 0 saturated heterocycles. The van der Waals surface area contributed by atoms with Crippen LogP contribution in [0.1, 0.15) is 56.0 Å². The topological polar surface area (TPSA) is 99.8 Å². The van der Waals surface area contributed by atoms with Crippen LogP contribution in [-0.2, 0) is 4.79 Å². The van der Waals surface area contributed by atoms with Gasteiger partial charge in [0.05, 0.1) is 0 Å². The van der Waals surface area contributed by atoms with Crippen molar-refractivity contribution in [2.24, 2.45) is 0 Å². The minimum atomic E-state index is -0.613. The average Bonchev–Trinajstić information content (AvgIpc) is 3.06. The molecule has 1 unspecified atom stereocenters. The third-order valence-electron chi connectivity index (χ3n) is 2.84. The van der Waals surface area contributed by atoms with Gasteiger partial charge < -0.3 is 10.6 Å². The molecule has 1 fully saturated rings. The Bertz CT molecular complexity index is 478.